The molecule has 1 N–H and O–H groups in total. The number of hydrogen-bond acceptors (Lipinski definition) is 3. The average molecular weight is 259 g/mol. The summed E-state index contributed by atoms with van der Waals surface area (Å²) in [6, 6.07) is 6.31. The van der Waals surface area contributed by atoms with E-state index in [9.17, 15) is 5.11 Å². The van der Waals surface area contributed by atoms with Crippen LogP contribution in [0.4, 0.5) is 0 Å². The highest BCUT2D eigenvalue weighted by Gasteiger charge is 2.26. The van der Waals surface area contributed by atoms with Gasteiger partial charge in [-0.3, -0.25) is 4.90 Å². The zero-order valence-corrected chi connectivity index (χ0v) is 11.4. The Kier molecular flexibility index (Phi) is 3.53. The van der Waals surface area contributed by atoms with Gasteiger partial charge < -0.3 is 9.51 Å². The number of hydrogen-bond donors (Lipinski definition) is 1. The van der Waals surface area contributed by atoms with E-state index in [1.165, 1.54) is 12.8 Å². The zero-order chi connectivity index (χ0) is 13.2. The third kappa shape index (κ3) is 2.65. The summed E-state index contributed by atoms with van der Waals surface area (Å²) >= 11 is 0. The third-order valence-corrected chi connectivity index (χ3v) is 4.00. The van der Waals surface area contributed by atoms with Crippen LogP contribution in [-0.2, 0) is 6.54 Å². The molecule has 0 aliphatic carbocycles. The smallest absolute Gasteiger partial charge is 0.137 e. The minimum Gasteiger partial charge on any atom is -0.392 e. The summed E-state index contributed by atoms with van der Waals surface area (Å²) in [4.78, 5) is 7.01. The monoisotopic (exact) mass is 259 g/mol. The fraction of sp³-hybridized carbons (Fsp3) is 0.533. The van der Waals surface area contributed by atoms with Crippen LogP contribution in [0.1, 0.15) is 31.9 Å². The van der Waals surface area contributed by atoms with E-state index in [0.29, 0.717) is 0 Å². The summed E-state index contributed by atoms with van der Waals surface area (Å²) < 4.78 is 2.05. The van der Waals surface area contributed by atoms with Crippen LogP contribution in [0.25, 0.3) is 5.65 Å². The minimum absolute atomic E-state index is 0.266. The van der Waals surface area contributed by atoms with Crippen LogP contribution in [0, 0.1) is 0 Å². The molecule has 1 saturated heterocycles. The highest BCUT2D eigenvalue weighted by Crippen LogP contribution is 2.22. The van der Waals surface area contributed by atoms with Gasteiger partial charge in [0.25, 0.3) is 0 Å². The lowest BCUT2D eigenvalue weighted by Crippen LogP contribution is -2.45. The van der Waals surface area contributed by atoms with Crippen LogP contribution in [-0.4, -0.2) is 38.1 Å². The predicted octanol–water partition coefficient (Wildman–Crippen LogP) is 2.07. The van der Waals surface area contributed by atoms with Crippen molar-refractivity contribution in [1.82, 2.24) is 14.3 Å². The zero-order valence-electron chi connectivity index (χ0n) is 11.4. The fourth-order valence-corrected chi connectivity index (χ4v) is 3.03. The Morgan fingerprint density at radius 1 is 1.42 bits per heavy atom. The molecule has 1 aliphatic rings. The third-order valence-electron chi connectivity index (χ3n) is 4.00. The van der Waals surface area contributed by atoms with Gasteiger partial charge in [-0.05, 0) is 38.4 Å². The summed E-state index contributed by atoms with van der Waals surface area (Å²) in [6.45, 7) is 3.79. The Bertz CT molecular complexity index is 516. The first-order valence-electron chi connectivity index (χ1n) is 7.09. The second-order valence-corrected chi connectivity index (χ2v) is 5.47. The number of nitrogens with zero attached hydrogens (tertiary/aromatic N) is 3. The van der Waals surface area contributed by atoms with Gasteiger partial charge in [-0.25, -0.2) is 4.98 Å². The number of aliphatic hydroxyl groups is 1. The maximum atomic E-state index is 9.90. The van der Waals surface area contributed by atoms with Crippen molar-refractivity contribution in [2.45, 2.75) is 44.9 Å². The molecule has 3 rings (SSSR count). The lowest BCUT2D eigenvalue weighted by molar-refractivity contribution is 0.0310. The van der Waals surface area contributed by atoms with Gasteiger partial charge in [0.15, 0.2) is 0 Å². The largest absolute Gasteiger partial charge is 0.392 e. The van der Waals surface area contributed by atoms with Crippen molar-refractivity contribution in [3.8, 4) is 0 Å². The van der Waals surface area contributed by atoms with Gasteiger partial charge in [0.05, 0.1) is 11.8 Å². The maximum absolute atomic E-state index is 9.90. The highest BCUT2D eigenvalue weighted by atomic mass is 16.3. The summed E-state index contributed by atoms with van der Waals surface area (Å²) in [5, 5.41) is 9.90. The standard InChI is InChI=1S/C15H21N3O/c1-12(19)14-6-2-4-8-17(14)10-13-11-18-9-5-3-7-15(18)16-13/h3,5,7,9,11-12,14,19H,2,4,6,8,10H2,1H3. The van der Waals surface area contributed by atoms with E-state index < -0.39 is 0 Å². The Hall–Kier alpha value is -1.39. The van der Waals surface area contributed by atoms with E-state index in [4.69, 9.17) is 0 Å². The van der Waals surface area contributed by atoms with Crippen LogP contribution in [0.2, 0.25) is 0 Å². The van der Waals surface area contributed by atoms with Crippen molar-refractivity contribution in [3.05, 3.63) is 36.3 Å². The second-order valence-electron chi connectivity index (χ2n) is 5.47. The molecule has 2 aromatic rings. The minimum atomic E-state index is -0.266. The molecular formula is C15H21N3O. The normalized spacial score (nSPS) is 22.7. The maximum Gasteiger partial charge on any atom is 0.137 e. The first-order chi connectivity index (χ1) is 9.24. The average Bonchev–Trinajstić information content (AvgIpc) is 2.81. The topological polar surface area (TPSA) is 40.8 Å². The van der Waals surface area contributed by atoms with Gasteiger partial charge in [0.2, 0.25) is 0 Å². The summed E-state index contributed by atoms with van der Waals surface area (Å²) in [6.07, 6.45) is 7.37. The summed E-state index contributed by atoms with van der Waals surface area (Å²) in [7, 11) is 0. The molecule has 1 fully saturated rings. The van der Waals surface area contributed by atoms with Gasteiger partial charge in [0, 0.05) is 25.0 Å². The first-order valence-corrected chi connectivity index (χ1v) is 7.09. The van der Waals surface area contributed by atoms with Crippen molar-refractivity contribution < 1.29 is 5.11 Å². The molecule has 2 aromatic heterocycles. The summed E-state index contributed by atoms with van der Waals surface area (Å²) in [5.74, 6) is 0. The second kappa shape index (κ2) is 5.31. The highest BCUT2D eigenvalue weighted by molar-refractivity contribution is 5.39. The van der Waals surface area contributed by atoms with Gasteiger partial charge in [-0.2, -0.15) is 0 Å². The Labute approximate surface area is 113 Å². The number of likely N-dealkylation sites (tertiary alicyclic amines) is 1. The van der Waals surface area contributed by atoms with E-state index in [1.807, 2.05) is 31.3 Å². The van der Waals surface area contributed by atoms with Gasteiger partial charge in [0.1, 0.15) is 5.65 Å². The molecule has 0 amide bonds. The van der Waals surface area contributed by atoms with Gasteiger partial charge in [-0.15, -0.1) is 0 Å². The van der Waals surface area contributed by atoms with Crippen LogP contribution >= 0.6 is 0 Å². The van der Waals surface area contributed by atoms with Crippen molar-refractivity contribution in [3.63, 3.8) is 0 Å². The molecule has 102 valence electrons. The molecule has 2 unspecified atom stereocenters. The van der Waals surface area contributed by atoms with E-state index in [2.05, 4.69) is 20.5 Å². The van der Waals surface area contributed by atoms with Crippen molar-refractivity contribution in [2.75, 3.05) is 6.54 Å². The molecule has 1 aliphatic heterocycles. The van der Waals surface area contributed by atoms with E-state index >= 15 is 0 Å². The number of pyridine rings is 1. The quantitative estimate of drug-likeness (QED) is 0.917. The van der Waals surface area contributed by atoms with Crippen molar-refractivity contribution >= 4 is 5.65 Å². The number of rotatable bonds is 3. The van der Waals surface area contributed by atoms with Crippen molar-refractivity contribution in [2.24, 2.45) is 0 Å². The predicted molar refractivity (Wildman–Crippen MR) is 74.9 cm³/mol. The molecule has 4 nitrogen and oxygen atoms in total. The number of aromatic nitrogens is 2. The van der Waals surface area contributed by atoms with Gasteiger partial charge >= 0.3 is 0 Å². The molecule has 0 aromatic carbocycles. The number of piperidine rings is 1. The Morgan fingerprint density at radius 3 is 3.11 bits per heavy atom. The molecular weight excluding hydrogens is 238 g/mol. The van der Waals surface area contributed by atoms with Crippen LogP contribution in [0.5, 0.6) is 0 Å². The van der Waals surface area contributed by atoms with E-state index in [1.54, 1.807) is 0 Å². The Balaban J connectivity index is 1.79. The van der Waals surface area contributed by atoms with Crippen LogP contribution < -0.4 is 0 Å². The van der Waals surface area contributed by atoms with Crippen LogP contribution in [0.15, 0.2) is 30.6 Å². The number of aliphatic hydroxyl groups excluding tert-OH is 1. The van der Waals surface area contributed by atoms with E-state index in [-0.39, 0.29) is 12.1 Å². The van der Waals surface area contributed by atoms with Crippen molar-refractivity contribution in [1.29, 1.82) is 0 Å². The number of fused-ring (bicyclic) bond motifs is 1. The SMILES string of the molecule is CC(O)C1CCCCN1Cc1cn2ccccc2n1. The molecule has 2 atom stereocenters. The lowest BCUT2D eigenvalue weighted by atomic mass is 9.98. The number of imidazole rings is 1. The lowest BCUT2D eigenvalue weighted by Gasteiger charge is -2.36. The molecule has 0 saturated carbocycles. The van der Waals surface area contributed by atoms with Crippen LogP contribution in [0.3, 0.4) is 0 Å². The molecule has 4 heteroatoms. The molecule has 19 heavy (non-hydrogen) atoms. The van der Waals surface area contributed by atoms with E-state index in [0.717, 1.165) is 30.9 Å². The fourth-order valence-electron chi connectivity index (χ4n) is 3.03. The molecule has 0 spiro atoms. The first kappa shape index (κ1) is 12.6. The molecule has 3 heterocycles. The Morgan fingerprint density at radius 2 is 2.32 bits per heavy atom. The summed E-state index contributed by atoms with van der Waals surface area (Å²) in [5.41, 5.74) is 2.07. The van der Waals surface area contributed by atoms with Gasteiger partial charge in [-0.1, -0.05) is 12.5 Å². The molecule has 0 bridgehead atoms. The molecule has 0 radical (unpaired) electrons.